The van der Waals surface area contributed by atoms with Crippen LogP contribution in [0.1, 0.15) is 226 Å². The molecule has 2 aliphatic heterocycles. The molecule has 780 valence electrons. The van der Waals surface area contributed by atoms with E-state index in [0.717, 1.165) is 36.3 Å². The maximum atomic E-state index is 13.9. The minimum absolute atomic E-state index is 0.0465. The average Bonchev–Trinajstić information content (AvgIpc) is 1.10. The molecular formula is C99H124N16O30. The van der Waals surface area contributed by atoms with Crippen LogP contribution in [0.2, 0.25) is 0 Å². The number of phenols is 4. The van der Waals surface area contributed by atoms with Crippen molar-refractivity contribution in [2.24, 2.45) is 37.6 Å². The number of benzene rings is 4. The number of phenolic OH excluding ortho intramolecular Hbond substituents is 4. The summed E-state index contributed by atoms with van der Waals surface area (Å²) in [4.78, 5) is 134. The van der Waals surface area contributed by atoms with E-state index in [1.54, 1.807) is 14.0 Å². The highest BCUT2D eigenvalue weighted by atomic mass is 16.7. The van der Waals surface area contributed by atoms with E-state index in [1.807, 2.05) is 39.7 Å². The molecule has 4 aliphatic carbocycles. The fourth-order valence-corrected chi connectivity index (χ4v) is 17.4. The number of rotatable bonds is 42. The number of nitrogens with zero attached hydrogens (tertiary/aromatic N) is 12. The highest BCUT2D eigenvalue weighted by Gasteiger charge is 2.54. The molecule has 13 rings (SSSR count). The van der Waals surface area contributed by atoms with Crippen LogP contribution in [0, 0.1) is 48.4 Å². The molecule has 46 nitrogen and oxygen atoms in total. The maximum Gasteiger partial charge on any atom is 0.220 e. The lowest BCUT2D eigenvalue weighted by molar-refractivity contribution is -0.249. The molecule has 7 aromatic rings. The van der Waals surface area contributed by atoms with Gasteiger partial charge in [-0.05, 0) is 43.3 Å². The van der Waals surface area contributed by atoms with Crippen LogP contribution in [-0.2, 0) is 113 Å². The standard InChI is InChI=1S/C41H54N2O15.C37H45N5O15.C12H17N9.C9H8/c1-21-35(48)24(43-29(47)10-9-28(46)42-12-14-56-16-15-55-13-11-40(2,3)4)17-30(57-21)58-26-19-41(53,27(45)20-44)18-23-32(26)39(52)34-33(37(23)50)36(49)22-7-6-8-25(54-5)31(22)38(34)51;1-18-32(47)21(41-26(46)7-6-25(45)39-8-10-54-12-13-55-11-9-40-42-38)14-27(56-18)57-23-16-37(52,24(44)17-43)15-20-29(23)36(51)31-30(34(20)49)33(48)19-4-3-5-22(53-2)28(19)35(31)50;1-19-6-10(13-16-19)4-9(12-8-21(3)18-15-12)5-11-7-20(2)17-14-11;1-4-7-9(6-3)8-5-2/h6-8,21,24,26,30,35,44,48,50,52-53H,9-20H2,1-5H3,(H,42,46)(H,43,47);3-5,18,21,23,27,32,43,47,49,51-52H,6-17H2,1-2H3,(H,39,45)(H,41,46);6-9H,4-5H2,1-3H3;1-3,9H,7-8H2/t21-,24-,26-,30?,35+,41-;18-,21-,23-,27?,32+,37-;;/m00../s1. The first-order chi connectivity index (χ1) is 69.1. The molecule has 6 aliphatic rings. The van der Waals surface area contributed by atoms with Crippen LogP contribution < -0.4 is 30.7 Å². The first-order valence-electron chi connectivity index (χ1n) is 46.9. The number of terminal acetylenes is 3. The molecule has 5 heterocycles. The number of hydrogen-bond donors (Lipinski definition) is 14. The molecule has 0 spiro atoms. The van der Waals surface area contributed by atoms with Crippen LogP contribution in [-0.4, -0.2) is 315 Å². The van der Waals surface area contributed by atoms with Crippen LogP contribution in [0.4, 0.5) is 0 Å². The van der Waals surface area contributed by atoms with E-state index in [2.05, 4.69) is 101 Å². The molecule has 2 unspecified atom stereocenters. The van der Waals surface area contributed by atoms with Gasteiger partial charge in [-0.1, -0.05) is 65.8 Å². The predicted octanol–water partition coefficient (Wildman–Crippen LogP) is 2.85. The molecule has 2 fully saturated rings. The number of nitrogens with one attached hydrogen (secondary N) is 4. The number of methoxy groups -OCH3 is 2. The van der Waals surface area contributed by atoms with Crippen molar-refractivity contribution >= 4 is 58.3 Å². The molecule has 12 atom stereocenters. The lowest BCUT2D eigenvalue weighted by atomic mass is 9.72. The zero-order valence-electron chi connectivity index (χ0n) is 82.2. The Labute approximate surface area is 834 Å². The highest BCUT2D eigenvalue weighted by Crippen LogP contribution is 2.55. The first kappa shape index (κ1) is 113. The second kappa shape index (κ2) is 52.3. The van der Waals surface area contributed by atoms with E-state index < -0.39 is 209 Å². The summed E-state index contributed by atoms with van der Waals surface area (Å²) >= 11 is 0. The van der Waals surface area contributed by atoms with Gasteiger partial charge < -0.3 is 120 Å². The van der Waals surface area contributed by atoms with Crippen LogP contribution in [0.5, 0.6) is 34.5 Å². The fraction of sp³-hybridized carbons (Fsp3) is 0.535. The van der Waals surface area contributed by atoms with Gasteiger partial charge in [-0.2, -0.15) is 0 Å². The summed E-state index contributed by atoms with van der Waals surface area (Å²) in [6.45, 7) is 10.6. The Morgan fingerprint density at radius 2 is 0.952 bits per heavy atom. The van der Waals surface area contributed by atoms with Crippen molar-refractivity contribution < 1.29 is 146 Å². The number of Topliss-reactive ketones (excluding diaryl/α,β-unsaturated/α-hetero) is 2. The third-order valence-corrected chi connectivity index (χ3v) is 24.9. The lowest BCUT2D eigenvalue weighted by Crippen LogP contribution is -2.56. The van der Waals surface area contributed by atoms with Gasteiger partial charge in [0.15, 0.2) is 35.7 Å². The fourth-order valence-electron chi connectivity index (χ4n) is 17.4. The third-order valence-electron chi connectivity index (χ3n) is 24.9. The monoisotopic (exact) mass is 2020 g/mol. The summed E-state index contributed by atoms with van der Waals surface area (Å²) in [5.74, 6) is -2.56. The summed E-state index contributed by atoms with van der Waals surface area (Å²) in [6, 6.07) is 6.63. The SMILES string of the molecule is C#CCC(C#C)CC#C.COc1cccc2c1C(=O)c1c(O)c3c(c(O)c1C2=O)C[C@@](O)(C(=O)CO)C[C@@H]3OC1C[C@H](NC(=O)CCC(=O)NCCOCCOCCC(C)(C)C)[C@H](O)[C@H](C)O1.COc1cccc2c1C(=O)c1c(O)c3c(c(O)c1C2=O)C[C@@](O)(C(=O)CO)C[C@@H]3OC1C[C@H](NC(=O)CCC(=O)NCCOCCOCCN=[N+]=[N-])[C@H](O)[C@H](C)O1.Cn1cc(CC(Cc2cn(C)nn2)c2cn(C)nn2)nn1. The summed E-state index contributed by atoms with van der Waals surface area (Å²) < 4.78 is 61.5. The Bertz CT molecular complexity index is 5950. The van der Waals surface area contributed by atoms with E-state index in [-0.39, 0.29) is 170 Å². The minimum atomic E-state index is -2.36. The predicted molar refractivity (Wildman–Crippen MR) is 510 cm³/mol. The smallest absolute Gasteiger partial charge is 0.220 e. The molecule has 4 aromatic carbocycles. The molecule has 2 saturated heterocycles. The number of amides is 4. The Kier molecular flexibility index (Phi) is 40.9. The maximum absolute atomic E-state index is 13.9. The number of carbonyl (C=O) groups excluding carboxylic acids is 10. The number of aromatic hydroxyl groups is 4. The van der Waals surface area contributed by atoms with Crippen molar-refractivity contribution in [3.63, 3.8) is 0 Å². The van der Waals surface area contributed by atoms with E-state index in [0.29, 0.717) is 32.7 Å². The number of hydrogen-bond acceptors (Lipinski definition) is 37. The van der Waals surface area contributed by atoms with E-state index in [1.165, 1.54) is 64.5 Å². The number of ether oxygens (including phenoxy) is 10. The van der Waals surface area contributed by atoms with Crippen LogP contribution >= 0.6 is 0 Å². The lowest BCUT2D eigenvalue weighted by Gasteiger charge is -2.43. The summed E-state index contributed by atoms with van der Waals surface area (Å²) in [5.41, 5.74) is 2.89. The van der Waals surface area contributed by atoms with E-state index in [9.17, 15) is 99.0 Å². The molecular weight excluding hydrogens is 1890 g/mol. The summed E-state index contributed by atoms with van der Waals surface area (Å²) in [5, 5.41) is 149. The van der Waals surface area contributed by atoms with Crippen LogP contribution in [0.15, 0.2) is 60.1 Å². The van der Waals surface area contributed by atoms with Gasteiger partial charge in [-0.25, -0.2) is 0 Å². The average molecular weight is 2020 g/mol. The van der Waals surface area contributed by atoms with Crippen molar-refractivity contribution in [1.29, 1.82) is 0 Å². The van der Waals surface area contributed by atoms with Crippen LogP contribution in [0.25, 0.3) is 10.4 Å². The van der Waals surface area contributed by atoms with Gasteiger partial charge in [0.2, 0.25) is 35.2 Å². The first-order valence-corrected chi connectivity index (χ1v) is 46.9. The van der Waals surface area contributed by atoms with E-state index in [4.69, 9.17) is 72.2 Å². The zero-order valence-corrected chi connectivity index (χ0v) is 82.2. The third kappa shape index (κ3) is 29.0. The molecule has 0 bridgehead atoms. The molecule has 3 aromatic heterocycles. The molecule has 0 saturated carbocycles. The minimum Gasteiger partial charge on any atom is -0.507 e. The topological polar surface area (TPSA) is 654 Å². The number of fused-ring (bicyclic) bond motifs is 6. The van der Waals surface area contributed by atoms with Crippen molar-refractivity contribution in [2.45, 2.75) is 209 Å². The summed E-state index contributed by atoms with van der Waals surface area (Å²) in [6.07, 6.45) is 11.0. The van der Waals surface area contributed by atoms with Gasteiger partial charge >= 0.3 is 0 Å². The van der Waals surface area contributed by atoms with Gasteiger partial charge in [0, 0.05) is 206 Å². The van der Waals surface area contributed by atoms with Gasteiger partial charge in [0.1, 0.15) is 71.1 Å². The van der Waals surface area contributed by atoms with Crippen molar-refractivity contribution in [3.8, 4) is 71.5 Å². The number of aliphatic hydroxyl groups excluding tert-OH is 4. The Morgan fingerprint density at radius 3 is 1.32 bits per heavy atom. The number of carbonyl (C=O) groups is 10. The van der Waals surface area contributed by atoms with Gasteiger partial charge in [0.25, 0.3) is 0 Å². The largest absolute Gasteiger partial charge is 0.507 e. The second-order valence-corrected chi connectivity index (χ2v) is 36.6. The normalized spacial score (nSPS) is 21.0. The van der Waals surface area contributed by atoms with Gasteiger partial charge in [0.05, 0.1) is 147 Å². The molecule has 14 N–H and O–H groups in total. The number of aromatic nitrogens is 9. The molecule has 0 radical (unpaired) electrons. The van der Waals surface area contributed by atoms with E-state index >= 15 is 0 Å². The molecule has 145 heavy (non-hydrogen) atoms. The Hall–Kier alpha value is -13.6. The Balaban J connectivity index is 0.000000231. The number of aryl methyl sites for hydroxylation is 3. The van der Waals surface area contributed by atoms with Crippen molar-refractivity contribution in [3.05, 3.63) is 149 Å². The number of azide groups is 1. The number of aliphatic hydroxyl groups is 6. The molecule has 46 heteroatoms. The van der Waals surface area contributed by atoms with Crippen molar-refractivity contribution in [1.82, 2.24) is 66.2 Å². The zero-order chi connectivity index (χ0) is 106. The van der Waals surface area contributed by atoms with Gasteiger partial charge in [-0.3, -0.25) is 62.0 Å². The number of ketones is 6. The van der Waals surface area contributed by atoms with Gasteiger partial charge in [-0.15, -0.1) is 52.3 Å². The van der Waals surface area contributed by atoms with Crippen LogP contribution in [0.3, 0.4) is 0 Å². The quantitative estimate of drug-likeness (QED) is 0.00653. The van der Waals surface area contributed by atoms with Crippen molar-refractivity contribution in [2.75, 3.05) is 99.9 Å². The second-order valence-electron chi connectivity index (χ2n) is 36.6. The summed E-state index contributed by atoms with van der Waals surface area (Å²) in [7, 11) is 8.17. The molecule has 4 amide bonds. The highest BCUT2D eigenvalue weighted by molar-refractivity contribution is 6.32. The Morgan fingerprint density at radius 1 is 0.559 bits per heavy atom.